The normalized spacial score (nSPS) is 16.9. The summed E-state index contributed by atoms with van der Waals surface area (Å²) in [5, 5.41) is 12.4. The minimum atomic E-state index is -4.79. The molecule has 1 aliphatic heterocycles. The maximum absolute atomic E-state index is 15.8. The summed E-state index contributed by atoms with van der Waals surface area (Å²) in [6.07, 6.45) is -1.08. The van der Waals surface area contributed by atoms with Gasteiger partial charge in [0.2, 0.25) is 5.91 Å². The fraction of sp³-hybridized carbons (Fsp3) is 0.500. The second-order valence-corrected chi connectivity index (χ2v) is 14.6. The third-order valence-electron chi connectivity index (χ3n) is 10.1. The molecular formula is C38H44F5N3O4. The van der Waals surface area contributed by atoms with Gasteiger partial charge < -0.3 is 19.9 Å². The highest BCUT2D eigenvalue weighted by Gasteiger charge is 2.47. The Kier molecular flexibility index (Phi) is 10.6. The lowest BCUT2D eigenvalue weighted by atomic mass is 9.90. The van der Waals surface area contributed by atoms with Gasteiger partial charge in [-0.1, -0.05) is 13.8 Å². The van der Waals surface area contributed by atoms with Gasteiger partial charge in [0.1, 0.15) is 17.7 Å². The van der Waals surface area contributed by atoms with Crippen molar-refractivity contribution in [2.75, 3.05) is 19.6 Å². The number of pyridine rings is 1. The number of rotatable bonds is 12. The molecule has 2 N–H and O–H groups in total. The number of nitrogens with zero attached hydrogens (tertiary/aromatic N) is 2. The Morgan fingerprint density at radius 1 is 0.980 bits per heavy atom. The molecule has 1 saturated heterocycles. The minimum absolute atomic E-state index is 0.0162. The van der Waals surface area contributed by atoms with Crippen molar-refractivity contribution in [2.45, 2.75) is 91.4 Å². The monoisotopic (exact) mass is 701 g/mol. The molecule has 1 aromatic heterocycles. The number of alkyl halides is 3. The topological polar surface area (TPSA) is 91.6 Å². The molecule has 2 heterocycles. The Bertz CT molecular complexity index is 1820. The summed E-state index contributed by atoms with van der Waals surface area (Å²) in [5.74, 6) is -3.56. The number of aromatic nitrogens is 1. The maximum atomic E-state index is 15.8. The van der Waals surface area contributed by atoms with Gasteiger partial charge in [0.25, 0.3) is 5.56 Å². The zero-order chi connectivity index (χ0) is 36.7. The van der Waals surface area contributed by atoms with E-state index in [9.17, 15) is 37.1 Å². The minimum Gasteiger partial charge on any atom is -0.481 e. The number of hydrogen-bond donors (Lipinski definition) is 2. The van der Waals surface area contributed by atoms with Crippen LogP contribution in [0.3, 0.4) is 0 Å². The smallest absolute Gasteiger partial charge is 0.416 e. The van der Waals surface area contributed by atoms with Crippen LogP contribution in [0.1, 0.15) is 91.4 Å². The van der Waals surface area contributed by atoms with Gasteiger partial charge >= 0.3 is 12.1 Å². The summed E-state index contributed by atoms with van der Waals surface area (Å²) < 4.78 is 73.5. The molecule has 3 aromatic rings. The van der Waals surface area contributed by atoms with E-state index in [0.29, 0.717) is 34.9 Å². The van der Waals surface area contributed by atoms with Gasteiger partial charge in [0, 0.05) is 30.9 Å². The molecule has 0 unspecified atom stereocenters. The van der Waals surface area contributed by atoms with Gasteiger partial charge in [-0.05, 0) is 128 Å². The van der Waals surface area contributed by atoms with Crippen LogP contribution >= 0.6 is 0 Å². The van der Waals surface area contributed by atoms with E-state index in [1.54, 1.807) is 33.8 Å². The lowest BCUT2D eigenvalue weighted by Crippen LogP contribution is -2.41. The van der Waals surface area contributed by atoms with Crippen molar-refractivity contribution >= 4 is 11.9 Å². The van der Waals surface area contributed by atoms with E-state index >= 15 is 4.39 Å². The molecule has 2 fully saturated rings. The average molecular weight is 702 g/mol. The third kappa shape index (κ3) is 8.28. The van der Waals surface area contributed by atoms with E-state index in [0.717, 1.165) is 43.1 Å². The van der Waals surface area contributed by atoms with Gasteiger partial charge in [-0.15, -0.1) is 0 Å². The molecule has 0 bridgehead atoms. The summed E-state index contributed by atoms with van der Waals surface area (Å²) in [6, 6.07) is 3.46. The first kappa shape index (κ1) is 37.2. The fourth-order valence-corrected chi connectivity index (χ4v) is 7.42. The first-order valence-corrected chi connectivity index (χ1v) is 17.0. The second kappa shape index (κ2) is 14.3. The lowest BCUT2D eigenvalue weighted by Gasteiger charge is -2.27. The Morgan fingerprint density at radius 3 is 2.20 bits per heavy atom. The van der Waals surface area contributed by atoms with Crippen molar-refractivity contribution in [1.82, 2.24) is 14.8 Å². The summed E-state index contributed by atoms with van der Waals surface area (Å²) in [6.45, 7) is 10.4. The van der Waals surface area contributed by atoms with E-state index in [4.69, 9.17) is 0 Å². The highest BCUT2D eigenvalue weighted by Crippen LogP contribution is 2.52. The third-order valence-corrected chi connectivity index (χ3v) is 10.1. The lowest BCUT2D eigenvalue weighted by molar-refractivity contribution is -0.139. The van der Waals surface area contributed by atoms with Crippen LogP contribution < -0.4 is 10.9 Å². The van der Waals surface area contributed by atoms with Crippen LogP contribution in [0.5, 0.6) is 0 Å². The molecule has 0 radical (unpaired) electrons. The first-order valence-electron chi connectivity index (χ1n) is 17.0. The number of carboxylic acid groups (broad SMARTS) is 1. The molecule has 7 nitrogen and oxygen atoms in total. The zero-order valence-electron chi connectivity index (χ0n) is 29.0. The quantitative estimate of drug-likeness (QED) is 0.189. The Labute approximate surface area is 288 Å². The average Bonchev–Trinajstić information content (AvgIpc) is 3.64. The Hall–Kier alpha value is -4.06. The summed E-state index contributed by atoms with van der Waals surface area (Å²) in [4.78, 5) is 41.6. The number of benzene rings is 2. The van der Waals surface area contributed by atoms with E-state index in [-0.39, 0.29) is 40.9 Å². The number of halogens is 5. The van der Waals surface area contributed by atoms with Gasteiger partial charge in [0.05, 0.1) is 18.0 Å². The Balaban J connectivity index is 1.51. The molecule has 50 heavy (non-hydrogen) atoms. The predicted octanol–water partition coefficient (Wildman–Crippen LogP) is 7.69. The van der Waals surface area contributed by atoms with Crippen LogP contribution in [-0.2, 0) is 22.2 Å². The molecule has 1 amide bonds. The van der Waals surface area contributed by atoms with E-state index in [1.165, 1.54) is 25.1 Å². The number of hydrogen-bond acceptors (Lipinski definition) is 4. The molecule has 2 atom stereocenters. The molecule has 2 aromatic carbocycles. The van der Waals surface area contributed by atoms with Crippen LogP contribution in [0.4, 0.5) is 22.0 Å². The Morgan fingerprint density at radius 2 is 1.64 bits per heavy atom. The van der Waals surface area contributed by atoms with Crippen LogP contribution in [0.25, 0.3) is 11.1 Å². The molecule has 1 aliphatic carbocycles. The predicted molar refractivity (Wildman–Crippen MR) is 180 cm³/mol. The maximum Gasteiger partial charge on any atom is 0.416 e. The van der Waals surface area contributed by atoms with E-state index in [2.05, 4.69) is 10.2 Å². The molecular weight excluding hydrogens is 657 g/mol. The van der Waals surface area contributed by atoms with Crippen molar-refractivity contribution in [3.63, 3.8) is 0 Å². The summed E-state index contributed by atoms with van der Waals surface area (Å²) >= 11 is 0. The molecule has 1 spiro atoms. The number of nitrogens with one attached hydrogen (secondary N) is 1. The highest BCUT2D eigenvalue weighted by atomic mass is 19.4. The van der Waals surface area contributed by atoms with Crippen LogP contribution in [0.2, 0.25) is 0 Å². The van der Waals surface area contributed by atoms with Crippen molar-refractivity contribution < 1.29 is 36.6 Å². The van der Waals surface area contributed by atoms with Crippen LogP contribution in [0, 0.1) is 43.7 Å². The van der Waals surface area contributed by atoms with Crippen LogP contribution in [0.15, 0.2) is 41.3 Å². The molecule has 1 saturated carbocycles. The number of aryl methyl sites for hydroxylation is 3. The van der Waals surface area contributed by atoms with Crippen LogP contribution in [-0.4, -0.2) is 46.1 Å². The fourth-order valence-electron chi connectivity index (χ4n) is 7.42. The number of carbonyl (C=O) groups excluding carboxylic acids is 1. The van der Waals surface area contributed by atoms with Crippen molar-refractivity contribution in [3.8, 4) is 11.1 Å². The first-order chi connectivity index (χ1) is 23.4. The number of amides is 1. The number of carboxylic acids is 1. The largest absolute Gasteiger partial charge is 0.481 e. The SMILES string of the molecule is Cc1cc(-c2c(C)cc(F)cc2C)cc([C@@H](CC(=O)O)NC(=O)[C@@H](CC(C)C)n2cc(CCN3CCC4(CC4)C3)c(C(F)(F)F)cc2=O)c1F. The van der Waals surface area contributed by atoms with Gasteiger partial charge in [-0.2, -0.15) is 13.2 Å². The molecule has 270 valence electrons. The molecule has 12 heteroatoms. The van der Waals surface area contributed by atoms with Gasteiger partial charge in [-0.25, -0.2) is 8.78 Å². The molecule has 2 aliphatic rings. The highest BCUT2D eigenvalue weighted by molar-refractivity contribution is 5.82. The number of aliphatic carboxylic acids is 1. The van der Waals surface area contributed by atoms with Crippen molar-refractivity contribution in [1.29, 1.82) is 0 Å². The van der Waals surface area contributed by atoms with Gasteiger partial charge in [0.15, 0.2) is 0 Å². The second-order valence-electron chi connectivity index (χ2n) is 14.6. The number of likely N-dealkylation sites (tertiary alicyclic amines) is 1. The standard InChI is InChI=1S/C38H44F5N3O4/c1-21(2)12-31(46-19-25(29(17-32(46)47)38(41,42)43)6-10-45-11-9-37(20-45)7-8-37)36(50)44-30(18-33(48)49)28-16-26(13-24(5)35(28)40)34-22(3)14-27(39)15-23(34)4/h13-17,19,21,30-31H,6-12,18,20H2,1-5H3,(H,44,50)(H,48,49)/t30-,31-/m1/s1. The van der Waals surface area contributed by atoms with Crippen molar-refractivity contribution in [3.05, 3.63) is 91.9 Å². The zero-order valence-corrected chi connectivity index (χ0v) is 29.0. The van der Waals surface area contributed by atoms with E-state index < -0.39 is 59.3 Å². The molecule has 5 rings (SSSR count). The summed E-state index contributed by atoms with van der Waals surface area (Å²) in [7, 11) is 0. The van der Waals surface area contributed by atoms with E-state index in [1.807, 2.05) is 0 Å². The summed E-state index contributed by atoms with van der Waals surface area (Å²) in [5.41, 5.74) is 0.400. The number of carbonyl (C=O) groups is 2. The van der Waals surface area contributed by atoms with Crippen molar-refractivity contribution in [2.24, 2.45) is 11.3 Å². The van der Waals surface area contributed by atoms with Gasteiger partial charge in [-0.3, -0.25) is 14.4 Å².